The number of methoxy groups -OCH3 is 1. The van der Waals surface area contributed by atoms with Crippen molar-refractivity contribution in [2.45, 2.75) is 75.7 Å². The Labute approximate surface area is 317 Å². The SMILES string of the molecule is CCCc1cc(Cl)ccc1C1COc2ccc3cc2N(C1)CC1CCC1C(CN1CC(N2CCOCC2)C1)(OC)/C=C/CC(C)C(C)S(=O)NC3=O. The van der Waals surface area contributed by atoms with Gasteiger partial charge >= 0.3 is 0 Å². The predicted octanol–water partition coefficient (Wildman–Crippen LogP) is 6.08. The number of anilines is 1. The van der Waals surface area contributed by atoms with Crippen molar-refractivity contribution in [1.29, 1.82) is 0 Å². The summed E-state index contributed by atoms with van der Waals surface area (Å²) in [6.45, 7) is 15.0. The normalized spacial score (nSPS) is 32.8. The van der Waals surface area contributed by atoms with Crippen molar-refractivity contribution in [3.8, 4) is 5.75 Å². The largest absolute Gasteiger partial charge is 0.491 e. The molecule has 2 aromatic rings. The zero-order valence-corrected chi connectivity index (χ0v) is 32.9. The molecule has 3 fully saturated rings. The van der Waals surface area contributed by atoms with E-state index >= 15 is 0 Å². The third-order valence-electron chi connectivity index (χ3n) is 12.6. The van der Waals surface area contributed by atoms with Crippen LogP contribution in [0.4, 0.5) is 5.69 Å². The average Bonchev–Trinajstić information content (AvgIpc) is 3.30. The molecule has 4 heterocycles. The van der Waals surface area contributed by atoms with Crippen LogP contribution in [0.3, 0.4) is 0 Å². The van der Waals surface area contributed by atoms with E-state index in [9.17, 15) is 9.00 Å². The molecule has 9 nitrogen and oxygen atoms in total. The number of benzene rings is 2. The number of nitrogens with zero attached hydrogens (tertiary/aromatic N) is 3. The second-order valence-electron chi connectivity index (χ2n) is 15.8. The minimum atomic E-state index is -1.54. The fourth-order valence-corrected chi connectivity index (χ4v) is 10.3. The van der Waals surface area contributed by atoms with Crippen LogP contribution in [0, 0.1) is 17.8 Å². The smallest absolute Gasteiger partial charge is 0.263 e. The first-order valence-electron chi connectivity index (χ1n) is 19.5. The number of hydrogen-bond donors (Lipinski definition) is 1. The number of aryl methyl sites for hydroxylation is 1. The van der Waals surface area contributed by atoms with Gasteiger partial charge in [-0.1, -0.05) is 50.1 Å². The van der Waals surface area contributed by atoms with Crippen molar-refractivity contribution in [3.63, 3.8) is 0 Å². The lowest BCUT2D eigenvalue weighted by atomic mass is 9.63. The maximum Gasteiger partial charge on any atom is 0.263 e. The molecule has 2 saturated heterocycles. The second kappa shape index (κ2) is 16.5. The summed E-state index contributed by atoms with van der Waals surface area (Å²) in [5.41, 5.74) is 3.51. The summed E-state index contributed by atoms with van der Waals surface area (Å²) >= 11 is 6.50. The van der Waals surface area contributed by atoms with Gasteiger partial charge in [0.15, 0.2) is 0 Å². The van der Waals surface area contributed by atoms with Crippen LogP contribution in [0.25, 0.3) is 0 Å². The molecule has 2 aromatic carbocycles. The number of carbonyl (C=O) groups excluding carboxylic acids is 1. The molecule has 1 aliphatic carbocycles. The van der Waals surface area contributed by atoms with Gasteiger partial charge in [-0.2, -0.15) is 0 Å². The molecule has 1 amide bonds. The number of hydrogen-bond acceptors (Lipinski definition) is 8. The predicted molar refractivity (Wildman–Crippen MR) is 209 cm³/mol. The van der Waals surface area contributed by atoms with Gasteiger partial charge in [-0.15, -0.1) is 0 Å². The second-order valence-corrected chi connectivity index (χ2v) is 17.8. The highest BCUT2D eigenvalue weighted by atomic mass is 35.5. The van der Waals surface area contributed by atoms with Crippen molar-refractivity contribution < 1.29 is 23.2 Å². The fraction of sp³-hybridized carbons (Fsp3) is 0.634. The number of likely N-dealkylation sites (tertiary alicyclic amines) is 1. The molecule has 4 aliphatic heterocycles. The Morgan fingerprint density at radius 2 is 1.87 bits per heavy atom. The summed E-state index contributed by atoms with van der Waals surface area (Å²) in [4.78, 5) is 21.2. The molecule has 284 valence electrons. The van der Waals surface area contributed by atoms with Crippen LogP contribution in [0.2, 0.25) is 5.02 Å². The maximum atomic E-state index is 13.6. The maximum absolute atomic E-state index is 13.6. The highest BCUT2D eigenvalue weighted by Crippen LogP contribution is 2.48. The van der Waals surface area contributed by atoms with Crippen LogP contribution in [0.1, 0.15) is 73.9 Å². The number of ether oxygens (including phenoxy) is 3. The van der Waals surface area contributed by atoms with Crippen LogP contribution < -0.4 is 14.4 Å². The van der Waals surface area contributed by atoms with Gasteiger partial charge in [0.1, 0.15) is 22.3 Å². The molecule has 7 atom stereocenters. The van der Waals surface area contributed by atoms with Gasteiger partial charge < -0.3 is 19.1 Å². The van der Waals surface area contributed by atoms with E-state index in [1.165, 1.54) is 11.1 Å². The van der Waals surface area contributed by atoms with Gasteiger partial charge in [-0.3, -0.25) is 19.3 Å². The molecule has 2 bridgehead atoms. The number of carbonyl (C=O) groups is 1. The van der Waals surface area contributed by atoms with E-state index in [-0.39, 0.29) is 23.0 Å². The van der Waals surface area contributed by atoms with E-state index in [0.717, 1.165) is 108 Å². The van der Waals surface area contributed by atoms with Crippen molar-refractivity contribution >= 4 is 34.2 Å². The standard InChI is InChI=1S/C41H57ClN4O5S/c1-5-7-30-20-34(42)11-12-36(30)33-23-46-22-32-9-13-37(32)41(49-4,27-44-24-35(25-44)45-16-18-50-19-17-45)15-6-8-28(2)29(3)52(48)43-40(47)31-10-14-39(51-26-33)38(46)21-31/h6,10-12,14-15,20-21,28-29,32-33,35,37H,5,7-9,13,16-19,22-27H2,1-4H3,(H,43,47)/b15-6+. The van der Waals surface area contributed by atoms with E-state index in [0.29, 0.717) is 30.0 Å². The van der Waals surface area contributed by atoms with Gasteiger partial charge in [-0.25, -0.2) is 4.21 Å². The first kappa shape index (κ1) is 37.8. The summed E-state index contributed by atoms with van der Waals surface area (Å²) in [6.07, 6.45) is 9.56. The van der Waals surface area contributed by atoms with E-state index in [1.54, 1.807) is 6.07 Å². The quantitative estimate of drug-likeness (QED) is 0.341. The molecule has 0 radical (unpaired) electrons. The molecule has 0 spiro atoms. The summed E-state index contributed by atoms with van der Waals surface area (Å²) < 4.78 is 35.2. The van der Waals surface area contributed by atoms with Crippen molar-refractivity contribution in [2.24, 2.45) is 17.8 Å². The molecule has 1 N–H and O–H groups in total. The molecular formula is C41H57ClN4O5S. The Bertz CT molecular complexity index is 1630. The van der Waals surface area contributed by atoms with Gasteiger partial charge in [0.2, 0.25) is 0 Å². The third-order valence-corrected chi connectivity index (χ3v) is 14.4. The number of morpholine rings is 1. The summed E-state index contributed by atoms with van der Waals surface area (Å²) in [5.74, 6) is 1.39. The molecule has 7 rings (SSSR count). The Hall–Kier alpha value is -2.47. The Morgan fingerprint density at radius 3 is 2.60 bits per heavy atom. The fourth-order valence-electron chi connectivity index (χ4n) is 9.07. The minimum absolute atomic E-state index is 0.102. The number of amides is 1. The van der Waals surface area contributed by atoms with Gasteiger partial charge in [0.25, 0.3) is 5.91 Å². The van der Waals surface area contributed by atoms with Crippen LogP contribution in [0.15, 0.2) is 48.6 Å². The molecule has 0 aromatic heterocycles. The lowest BCUT2D eigenvalue weighted by Crippen LogP contribution is -2.65. The summed E-state index contributed by atoms with van der Waals surface area (Å²) in [7, 11) is 0.347. The summed E-state index contributed by atoms with van der Waals surface area (Å²) in [6, 6.07) is 12.5. The van der Waals surface area contributed by atoms with Crippen molar-refractivity contribution in [2.75, 3.05) is 77.6 Å². The Kier molecular flexibility index (Phi) is 12.0. The minimum Gasteiger partial charge on any atom is -0.491 e. The molecule has 5 aliphatic rings. The van der Waals surface area contributed by atoms with Crippen molar-refractivity contribution in [3.05, 3.63) is 70.3 Å². The number of fused-ring (bicyclic) bond motifs is 2. The van der Waals surface area contributed by atoms with E-state index in [4.69, 9.17) is 25.8 Å². The number of allylic oxidation sites excluding steroid dienone is 1. The topological polar surface area (TPSA) is 83.6 Å². The zero-order valence-electron chi connectivity index (χ0n) is 31.4. The molecular weight excluding hydrogens is 696 g/mol. The number of rotatable bonds is 7. The zero-order chi connectivity index (χ0) is 36.4. The molecule has 1 saturated carbocycles. The van der Waals surface area contributed by atoms with E-state index in [2.05, 4.69) is 57.6 Å². The highest BCUT2D eigenvalue weighted by Gasteiger charge is 2.50. The lowest BCUT2D eigenvalue weighted by molar-refractivity contribution is -0.113. The Morgan fingerprint density at radius 1 is 1.06 bits per heavy atom. The van der Waals surface area contributed by atoms with Crippen molar-refractivity contribution in [1.82, 2.24) is 14.5 Å². The van der Waals surface area contributed by atoms with Gasteiger partial charge in [-0.05, 0) is 91.8 Å². The first-order valence-corrected chi connectivity index (χ1v) is 21.1. The van der Waals surface area contributed by atoms with Crippen LogP contribution in [0.5, 0.6) is 5.75 Å². The summed E-state index contributed by atoms with van der Waals surface area (Å²) in [5, 5.41) is 0.532. The van der Waals surface area contributed by atoms with E-state index < -0.39 is 16.6 Å². The van der Waals surface area contributed by atoms with E-state index in [1.807, 2.05) is 32.2 Å². The van der Waals surface area contributed by atoms with Gasteiger partial charge in [0.05, 0.1) is 30.8 Å². The number of nitrogens with one attached hydrogen (secondary N) is 1. The average molecular weight is 753 g/mol. The van der Waals surface area contributed by atoms with Crippen LogP contribution in [-0.4, -0.2) is 110 Å². The third kappa shape index (κ3) is 7.98. The number of halogens is 1. The highest BCUT2D eigenvalue weighted by molar-refractivity contribution is 7.84. The van der Waals surface area contributed by atoms with Gasteiger partial charge in [0, 0.05) is 75.5 Å². The molecule has 11 heteroatoms. The first-order chi connectivity index (χ1) is 25.2. The molecule has 52 heavy (non-hydrogen) atoms. The lowest BCUT2D eigenvalue weighted by Gasteiger charge is -2.54. The Balaban J connectivity index is 1.22. The van der Waals surface area contributed by atoms with Crippen LogP contribution >= 0.6 is 11.6 Å². The monoisotopic (exact) mass is 752 g/mol. The van der Waals surface area contributed by atoms with Crippen LogP contribution in [-0.2, 0) is 26.9 Å². The molecule has 7 unspecified atom stereocenters.